The van der Waals surface area contributed by atoms with Gasteiger partial charge in [-0.1, -0.05) is 18.2 Å². The normalized spacial score (nSPS) is 25.3. The molecule has 7 heteroatoms. The Bertz CT molecular complexity index is 693. The highest BCUT2D eigenvalue weighted by atomic mass is 32.2. The third-order valence-electron chi connectivity index (χ3n) is 5.23. The van der Waals surface area contributed by atoms with Gasteiger partial charge in [-0.25, -0.2) is 0 Å². The predicted molar refractivity (Wildman–Crippen MR) is 98.7 cm³/mol. The van der Waals surface area contributed by atoms with Crippen molar-refractivity contribution in [2.24, 2.45) is 5.92 Å². The molecule has 25 heavy (non-hydrogen) atoms. The molecule has 0 saturated carbocycles. The molecule has 3 fully saturated rings. The highest BCUT2D eigenvalue weighted by Crippen LogP contribution is 2.32. The molecule has 3 saturated heterocycles. The van der Waals surface area contributed by atoms with Crippen LogP contribution in [0.4, 0.5) is 0 Å². The zero-order chi connectivity index (χ0) is 18.0. The Morgan fingerprint density at radius 2 is 1.92 bits per heavy atom. The second-order valence-electron chi connectivity index (χ2n) is 7.17. The number of hydrogen-bond acceptors (Lipinski definition) is 4. The Morgan fingerprint density at radius 1 is 1.16 bits per heavy atom. The Morgan fingerprint density at radius 3 is 2.64 bits per heavy atom. The number of fused-ring (bicyclic) bond motifs is 4. The number of hydrogen-bond donors (Lipinski definition) is 0. The summed E-state index contributed by atoms with van der Waals surface area (Å²) in [5, 5.41) is 0. The first-order valence-corrected chi connectivity index (χ1v) is 10.4. The summed E-state index contributed by atoms with van der Waals surface area (Å²) in [6.45, 7) is 5.61. The second kappa shape index (κ2) is 7.61. The Balaban J connectivity index is 1.78. The van der Waals surface area contributed by atoms with Crippen LogP contribution in [0.1, 0.15) is 25.3 Å². The monoisotopic (exact) mass is 367 g/mol. The van der Waals surface area contributed by atoms with Crippen LogP contribution in [0.2, 0.25) is 0 Å². The molecule has 2 unspecified atom stereocenters. The molecule has 3 aliphatic heterocycles. The molecular weight excluding hydrogens is 338 g/mol. The maximum atomic E-state index is 12.6. The minimum Gasteiger partial charge on any atom is -0.494 e. The van der Waals surface area contributed by atoms with Crippen molar-refractivity contribution in [2.45, 2.75) is 32.4 Å². The van der Waals surface area contributed by atoms with Gasteiger partial charge in [-0.15, -0.1) is 0 Å². The van der Waals surface area contributed by atoms with Gasteiger partial charge in [0.15, 0.2) is 0 Å². The number of benzene rings is 1. The fraction of sp³-hybridized carbons (Fsp3) is 0.667. The van der Waals surface area contributed by atoms with Crippen molar-refractivity contribution in [1.29, 1.82) is 0 Å². The largest absolute Gasteiger partial charge is 0.494 e. The maximum Gasteiger partial charge on any atom is 0.281 e. The summed E-state index contributed by atoms with van der Waals surface area (Å²) in [4.78, 5) is 2.44. The van der Waals surface area contributed by atoms with Gasteiger partial charge >= 0.3 is 0 Å². The number of rotatable bonds is 6. The summed E-state index contributed by atoms with van der Waals surface area (Å²) >= 11 is 0. The molecule has 0 amide bonds. The van der Waals surface area contributed by atoms with E-state index in [9.17, 15) is 8.42 Å². The van der Waals surface area contributed by atoms with Crippen molar-refractivity contribution < 1.29 is 13.2 Å². The summed E-state index contributed by atoms with van der Waals surface area (Å²) in [5.74, 6) is 1.33. The smallest absolute Gasteiger partial charge is 0.281 e. The van der Waals surface area contributed by atoms with E-state index in [1.54, 1.807) is 18.4 Å². The molecule has 0 radical (unpaired) electrons. The van der Waals surface area contributed by atoms with Gasteiger partial charge in [0.05, 0.1) is 6.61 Å². The van der Waals surface area contributed by atoms with E-state index in [4.69, 9.17) is 4.74 Å². The fourth-order valence-electron chi connectivity index (χ4n) is 3.90. The molecule has 3 aliphatic rings. The zero-order valence-corrected chi connectivity index (χ0v) is 16.2. The van der Waals surface area contributed by atoms with Gasteiger partial charge in [0.25, 0.3) is 10.2 Å². The SMILES string of the molecule is CCOc1ccccc1CN1CC2CCC1CN(S(=O)(=O)N(C)C)C2. The fourth-order valence-corrected chi connectivity index (χ4v) is 5.12. The zero-order valence-electron chi connectivity index (χ0n) is 15.4. The first-order chi connectivity index (χ1) is 11.9. The lowest BCUT2D eigenvalue weighted by molar-refractivity contribution is 0.123. The van der Waals surface area contributed by atoms with Gasteiger partial charge in [-0.3, -0.25) is 4.90 Å². The van der Waals surface area contributed by atoms with E-state index in [0.29, 0.717) is 25.6 Å². The van der Waals surface area contributed by atoms with Crippen molar-refractivity contribution >= 4 is 10.2 Å². The van der Waals surface area contributed by atoms with Crippen molar-refractivity contribution in [1.82, 2.24) is 13.5 Å². The van der Waals surface area contributed by atoms with Crippen molar-refractivity contribution in [2.75, 3.05) is 40.3 Å². The molecule has 0 spiro atoms. The summed E-state index contributed by atoms with van der Waals surface area (Å²) < 4.78 is 33.9. The van der Waals surface area contributed by atoms with Gasteiger partial charge < -0.3 is 4.74 Å². The van der Waals surface area contributed by atoms with Crippen molar-refractivity contribution in [3.8, 4) is 5.75 Å². The molecule has 4 rings (SSSR count). The highest BCUT2D eigenvalue weighted by Gasteiger charge is 2.39. The Hall–Kier alpha value is -1.15. The quantitative estimate of drug-likeness (QED) is 0.769. The number of para-hydroxylation sites is 1. The van der Waals surface area contributed by atoms with Crippen LogP contribution in [-0.4, -0.2) is 68.3 Å². The summed E-state index contributed by atoms with van der Waals surface area (Å²) in [6, 6.07) is 8.42. The molecule has 140 valence electrons. The van der Waals surface area contributed by atoms with Crippen molar-refractivity contribution in [3.05, 3.63) is 29.8 Å². The van der Waals surface area contributed by atoms with Crippen LogP contribution in [0.5, 0.6) is 5.75 Å². The molecule has 0 aromatic heterocycles. The van der Waals surface area contributed by atoms with Gasteiger partial charge in [0, 0.05) is 51.9 Å². The third-order valence-corrected chi connectivity index (χ3v) is 7.10. The Labute approximate surface area is 151 Å². The molecule has 1 aromatic rings. The average molecular weight is 368 g/mol. The molecule has 6 nitrogen and oxygen atoms in total. The van der Waals surface area contributed by atoms with Crippen LogP contribution >= 0.6 is 0 Å². The molecular formula is C18H29N3O3S. The van der Waals surface area contributed by atoms with E-state index in [2.05, 4.69) is 11.0 Å². The van der Waals surface area contributed by atoms with Crippen LogP contribution < -0.4 is 4.74 Å². The van der Waals surface area contributed by atoms with Crippen LogP contribution in [0, 0.1) is 5.92 Å². The van der Waals surface area contributed by atoms with E-state index >= 15 is 0 Å². The highest BCUT2D eigenvalue weighted by molar-refractivity contribution is 7.86. The van der Waals surface area contributed by atoms with E-state index in [0.717, 1.165) is 31.7 Å². The van der Waals surface area contributed by atoms with Gasteiger partial charge in [-0.05, 0) is 31.7 Å². The number of piperidine rings is 1. The van der Waals surface area contributed by atoms with Gasteiger partial charge in [-0.2, -0.15) is 17.0 Å². The molecule has 2 bridgehead atoms. The molecule has 3 heterocycles. The van der Waals surface area contributed by atoms with Gasteiger partial charge in [0.1, 0.15) is 5.75 Å². The van der Waals surface area contributed by atoms with Crippen LogP contribution in [0.25, 0.3) is 0 Å². The second-order valence-corrected chi connectivity index (χ2v) is 9.32. The molecule has 0 aliphatic carbocycles. The minimum atomic E-state index is -3.35. The molecule has 2 atom stereocenters. The molecule has 0 N–H and O–H groups in total. The lowest BCUT2D eigenvalue weighted by Crippen LogP contribution is -2.45. The van der Waals surface area contributed by atoms with Gasteiger partial charge in [0.2, 0.25) is 0 Å². The third kappa shape index (κ3) is 4.00. The Kier molecular flexibility index (Phi) is 5.68. The lowest BCUT2D eigenvalue weighted by Gasteiger charge is -2.36. The minimum absolute atomic E-state index is 0.267. The molecule has 1 aromatic carbocycles. The van der Waals surface area contributed by atoms with E-state index in [1.807, 2.05) is 25.1 Å². The van der Waals surface area contributed by atoms with E-state index in [1.165, 1.54) is 9.87 Å². The topological polar surface area (TPSA) is 53.1 Å². The van der Waals surface area contributed by atoms with Crippen LogP contribution in [0.3, 0.4) is 0 Å². The van der Waals surface area contributed by atoms with Crippen LogP contribution in [0.15, 0.2) is 24.3 Å². The first kappa shape index (κ1) is 18.6. The standard InChI is InChI=1S/C18H29N3O3S/c1-4-24-18-8-6-5-7-16(18)13-20-11-15-9-10-17(20)14-21(12-15)25(22,23)19(2)3/h5-8,15,17H,4,9-14H2,1-3H3. The maximum absolute atomic E-state index is 12.6. The number of nitrogens with zero attached hydrogens (tertiary/aromatic N) is 3. The summed E-state index contributed by atoms with van der Waals surface area (Å²) in [5.41, 5.74) is 1.18. The summed E-state index contributed by atoms with van der Waals surface area (Å²) in [7, 11) is -0.128. The van der Waals surface area contributed by atoms with E-state index < -0.39 is 10.2 Å². The lowest BCUT2D eigenvalue weighted by atomic mass is 9.94. The number of ether oxygens (including phenoxy) is 1. The first-order valence-electron chi connectivity index (χ1n) is 9.04. The predicted octanol–water partition coefficient (Wildman–Crippen LogP) is 1.79. The summed E-state index contributed by atoms with van der Waals surface area (Å²) in [6.07, 6.45) is 2.16. The van der Waals surface area contributed by atoms with E-state index in [-0.39, 0.29) is 6.04 Å². The van der Waals surface area contributed by atoms with Crippen molar-refractivity contribution in [3.63, 3.8) is 0 Å². The van der Waals surface area contributed by atoms with Crippen LogP contribution in [-0.2, 0) is 16.8 Å². The average Bonchev–Trinajstić information content (AvgIpc) is 2.89.